The van der Waals surface area contributed by atoms with Crippen molar-refractivity contribution in [1.29, 1.82) is 0 Å². The molecule has 0 aromatic carbocycles. The van der Waals surface area contributed by atoms with Crippen LogP contribution in [0.1, 0.15) is 90.9 Å². The molecule has 6 N–H and O–H groups in total. The Morgan fingerprint density at radius 2 is 1.32 bits per heavy atom. The standard InChI is InChI=1S/C38H61NO8/c1-3-5-7-9-11-13-14-15-16-17-18-20-22-24-26-28-34(42)39-31(32(41)27-25-23-21-19-12-10-8-6-4-2)30-46-38-37(45)36(44)35(43)33(29-40)47-38/h5,7,11-13,15-16,18-20,24-27,31-33,35-38,40-41,43-45H,3-4,6,8-10,14,17,21-23,28-30H2,1-2H3,(H,39,42)/b7-5-,13-11-,16-15-,19-12+,20-18-,26-24-,27-25+. The van der Waals surface area contributed by atoms with Crippen LogP contribution in [0.3, 0.4) is 0 Å². The average Bonchev–Trinajstić information content (AvgIpc) is 3.07. The molecule has 1 heterocycles. The molecule has 0 aliphatic carbocycles. The second kappa shape index (κ2) is 28.4. The number of hydrogen-bond acceptors (Lipinski definition) is 8. The highest BCUT2D eigenvalue weighted by Crippen LogP contribution is 2.22. The lowest BCUT2D eigenvalue weighted by atomic mass is 9.99. The summed E-state index contributed by atoms with van der Waals surface area (Å²) in [4.78, 5) is 12.7. The Hall–Kier alpha value is -2.63. The Bertz CT molecular complexity index is 1000. The summed E-state index contributed by atoms with van der Waals surface area (Å²) in [5, 5.41) is 53.5. The molecule has 0 radical (unpaired) electrons. The van der Waals surface area contributed by atoms with Gasteiger partial charge in [-0.15, -0.1) is 0 Å². The number of carbonyl (C=O) groups is 1. The van der Waals surface area contributed by atoms with E-state index in [0.717, 1.165) is 44.9 Å². The molecule has 1 saturated heterocycles. The zero-order valence-electron chi connectivity index (χ0n) is 28.5. The van der Waals surface area contributed by atoms with Gasteiger partial charge < -0.3 is 40.3 Å². The summed E-state index contributed by atoms with van der Waals surface area (Å²) in [6.07, 6.45) is 30.9. The zero-order valence-corrected chi connectivity index (χ0v) is 28.5. The van der Waals surface area contributed by atoms with Gasteiger partial charge in [0.25, 0.3) is 0 Å². The van der Waals surface area contributed by atoms with Gasteiger partial charge >= 0.3 is 0 Å². The Morgan fingerprint density at radius 1 is 0.745 bits per heavy atom. The first-order valence-electron chi connectivity index (χ1n) is 17.3. The minimum absolute atomic E-state index is 0.101. The van der Waals surface area contributed by atoms with E-state index in [9.17, 15) is 30.3 Å². The molecule has 0 aromatic heterocycles. The van der Waals surface area contributed by atoms with Crippen molar-refractivity contribution in [3.05, 3.63) is 85.1 Å². The third-order valence-corrected chi connectivity index (χ3v) is 7.48. The van der Waals surface area contributed by atoms with Gasteiger partial charge in [-0.25, -0.2) is 0 Å². The van der Waals surface area contributed by atoms with E-state index in [1.54, 1.807) is 12.2 Å². The van der Waals surface area contributed by atoms with Crippen LogP contribution in [0.2, 0.25) is 0 Å². The van der Waals surface area contributed by atoms with Crippen LogP contribution < -0.4 is 5.32 Å². The normalized spacial score (nSPS) is 23.9. The number of hydrogen-bond donors (Lipinski definition) is 6. The number of aliphatic hydroxyl groups excluding tert-OH is 5. The highest BCUT2D eigenvalue weighted by Gasteiger charge is 2.44. The Labute approximate surface area is 282 Å². The summed E-state index contributed by atoms with van der Waals surface area (Å²) in [6.45, 7) is 3.47. The molecular formula is C38H61NO8. The Kier molecular flexibility index (Phi) is 25.6. The first-order chi connectivity index (χ1) is 22.8. The predicted molar refractivity (Wildman–Crippen MR) is 188 cm³/mol. The van der Waals surface area contributed by atoms with Crippen LogP contribution in [0.5, 0.6) is 0 Å². The minimum atomic E-state index is -1.59. The van der Waals surface area contributed by atoms with E-state index in [-0.39, 0.29) is 18.9 Å². The largest absolute Gasteiger partial charge is 0.394 e. The van der Waals surface area contributed by atoms with E-state index >= 15 is 0 Å². The third kappa shape index (κ3) is 20.4. The lowest BCUT2D eigenvalue weighted by Crippen LogP contribution is -2.60. The maximum Gasteiger partial charge on any atom is 0.224 e. The lowest BCUT2D eigenvalue weighted by Gasteiger charge is -2.40. The van der Waals surface area contributed by atoms with Crippen molar-refractivity contribution in [3.63, 3.8) is 0 Å². The highest BCUT2D eigenvalue weighted by molar-refractivity contribution is 5.77. The molecule has 0 aromatic rings. The zero-order chi connectivity index (χ0) is 34.5. The predicted octanol–water partition coefficient (Wildman–Crippen LogP) is 5.26. The molecule has 1 aliphatic rings. The minimum Gasteiger partial charge on any atom is -0.394 e. The summed E-state index contributed by atoms with van der Waals surface area (Å²) < 4.78 is 11.0. The number of ether oxygens (including phenoxy) is 2. The van der Waals surface area contributed by atoms with Crippen LogP contribution in [0.4, 0.5) is 0 Å². The summed E-state index contributed by atoms with van der Waals surface area (Å²) in [6, 6.07) is -0.876. The van der Waals surface area contributed by atoms with Gasteiger partial charge in [-0.05, 0) is 57.8 Å². The van der Waals surface area contributed by atoms with Crippen LogP contribution in [0, 0.1) is 0 Å². The van der Waals surface area contributed by atoms with Crippen LogP contribution in [0.25, 0.3) is 0 Å². The van der Waals surface area contributed by atoms with Crippen LogP contribution in [0.15, 0.2) is 85.1 Å². The first-order valence-corrected chi connectivity index (χ1v) is 17.3. The molecule has 1 rings (SSSR count). The molecule has 0 spiro atoms. The molecule has 7 unspecified atom stereocenters. The monoisotopic (exact) mass is 659 g/mol. The van der Waals surface area contributed by atoms with E-state index in [2.05, 4.69) is 73.8 Å². The second-order valence-electron chi connectivity index (χ2n) is 11.6. The number of aliphatic hydroxyl groups is 5. The van der Waals surface area contributed by atoms with Gasteiger partial charge in [0.15, 0.2) is 6.29 Å². The smallest absolute Gasteiger partial charge is 0.224 e. The molecule has 0 bridgehead atoms. The number of allylic oxidation sites excluding steroid dienone is 12. The van der Waals surface area contributed by atoms with E-state index in [1.807, 2.05) is 18.2 Å². The summed E-state index contributed by atoms with van der Waals surface area (Å²) in [5.74, 6) is -0.323. The van der Waals surface area contributed by atoms with E-state index in [4.69, 9.17) is 9.47 Å². The maximum atomic E-state index is 12.7. The van der Waals surface area contributed by atoms with Crippen LogP contribution in [-0.4, -0.2) is 87.5 Å². The van der Waals surface area contributed by atoms with Crippen LogP contribution in [-0.2, 0) is 14.3 Å². The molecule has 47 heavy (non-hydrogen) atoms. The number of rotatable bonds is 25. The molecule has 1 amide bonds. The maximum absolute atomic E-state index is 12.7. The molecule has 9 nitrogen and oxygen atoms in total. The SMILES string of the molecule is CC/C=C\C/C=C\C/C=C\C/C=C\C/C=C\CC(=O)NC(COC1OC(CO)C(O)C(O)C1O)C(O)/C=C/CC/C=C/CCCCC. The van der Waals surface area contributed by atoms with Crippen molar-refractivity contribution in [2.24, 2.45) is 0 Å². The van der Waals surface area contributed by atoms with Gasteiger partial charge in [0, 0.05) is 6.42 Å². The van der Waals surface area contributed by atoms with Crippen molar-refractivity contribution < 1.29 is 39.8 Å². The van der Waals surface area contributed by atoms with Gasteiger partial charge in [-0.2, -0.15) is 0 Å². The molecule has 0 saturated carbocycles. The van der Waals surface area contributed by atoms with E-state index < -0.39 is 49.5 Å². The second-order valence-corrected chi connectivity index (χ2v) is 11.6. The van der Waals surface area contributed by atoms with Gasteiger partial charge in [0.2, 0.25) is 5.91 Å². The van der Waals surface area contributed by atoms with E-state index in [0.29, 0.717) is 6.42 Å². The molecular weight excluding hydrogens is 598 g/mol. The fourth-order valence-corrected chi connectivity index (χ4v) is 4.65. The van der Waals surface area contributed by atoms with Gasteiger partial charge in [0.05, 0.1) is 25.4 Å². The fourth-order valence-electron chi connectivity index (χ4n) is 4.65. The number of nitrogens with one attached hydrogen (secondary N) is 1. The topological polar surface area (TPSA) is 149 Å². The van der Waals surface area contributed by atoms with Crippen molar-refractivity contribution in [3.8, 4) is 0 Å². The van der Waals surface area contributed by atoms with Crippen molar-refractivity contribution >= 4 is 5.91 Å². The van der Waals surface area contributed by atoms with Gasteiger partial charge in [-0.1, -0.05) is 112 Å². The van der Waals surface area contributed by atoms with Gasteiger partial charge in [0.1, 0.15) is 24.4 Å². The summed E-state index contributed by atoms with van der Waals surface area (Å²) in [7, 11) is 0. The highest BCUT2D eigenvalue weighted by atomic mass is 16.7. The first kappa shape index (κ1) is 42.4. The fraction of sp³-hybridized carbons (Fsp3) is 0.605. The van der Waals surface area contributed by atoms with E-state index in [1.165, 1.54) is 19.3 Å². The lowest BCUT2D eigenvalue weighted by molar-refractivity contribution is -0.302. The quantitative estimate of drug-likeness (QED) is 0.0574. The number of amides is 1. The Balaban J connectivity index is 2.60. The van der Waals surface area contributed by atoms with Gasteiger partial charge in [-0.3, -0.25) is 4.79 Å². The molecule has 7 atom stereocenters. The summed E-state index contributed by atoms with van der Waals surface area (Å²) >= 11 is 0. The average molecular weight is 660 g/mol. The van der Waals surface area contributed by atoms with Crippen molar-refractivity contribution in [2.75, 3.05) is 13.2 Å². The summed E-state index contributed by atoms with van der Waals surface area (Å²) in [5.41, 5.74) is 0. The number of carbonyl (C=O) groups excluding carboxylic acids is 1. The number of unbranched alkanes of at least 4 members (excludes halogenated alkanes) is 4. The van der Waals surface area contributed by atoms with Crippen molar-refractivity contribution in [1.82, 2.24) is 5.32 Å². The molecule has 266 valence electrons. The molecule has 9 heteroatoms. The molecule has 1 fully saturated rings. The van der Waals surface area contributed by atoms with Crippen LogP contribution >= 0.6 is 0 Å². The third-order valence-electron chi connectivity index (χ3n) is 7.48. The Morgan fingerprint density at radius 3 is 1.91 bits per heavy atom. The van der Waals surface area contributed by atoms with Crippen molar-refractivity contribution in [2.45, 2.75) is 134 Å². The molecule has 1 aliphatic heterocycles.